The Labute approximate surface area is 182 Å². The van der Waals surface area contributed by atoms with Crippen molar-refractivity contribution in [2.24, 2.45) is 0 Å². The predicted molar refractivity (Wildman–Crippen MR) is 119 cm³/mol. The molecule has 7 heteroatoms. The quantitative estimate of drug-likeness (QED) is 0.701. The summed E-state index contributed by atoms with van der Waals surface area (Å²) in [5.74, 6) is 1.01. The number of hydrogen-bond donors (Lipinski definition) is 1. The second-order valence-electron chi connectivity index (χ2n) is 8.64. The fraction of sp³-hybridized carbons (Fsp3) is 0.458. The summed E-state index contributed by atoms with van der Waals surface area (Å²) in [6.07, 6.45) is 7.41. The number of likely N-dealkylation sites (tertiary alicyclic amines) is 1. The van der Waals surface area contributed by atoms with Gasteiger partial charge in [-0.15, -0.1) is 0 Å². The lowest BCUT2D eigenvalue weighted by Gasteiger charge is -2.35. The summed E-state index contributed by atoms with van der Waals surface area (Å²) in [6, 6.07) is 9.27. The van der Waals surface area contributed by atoms with Gasteiger partial charge in [-0.25, -0.2) is 9.50 Å². The molecule has 31 heavy (non-hydrogen) atoms. The molecule has 1 atom stereocenters. The predicted octanol–water partition coefficient (Wildman–Crippen LogP) is 3.50. The Morgan fingerprint density at radius 2 is 1.90 bits per heavy atom. The third kappa shape index (κ3) is 3.67. The van der Waals surface area contributed by atoms with E-state index in [2.05, 4.69) is 18.0 Å². The maximum absolute atomic E-state index is 13.4. The lowest BCUT2D eigenvalue weighted by Crippen LogP contribution is -2.39. The molecular formula is C24H29N5O2. The van der Waals surface area contributed by atoms with Gasteiger partial charge in [-0.1, -0.05) is 18.2 Å². The molecule has 0 radical (unpaired) electrons. The van der Waals surface area contributed by atoms with Gasteiger partial charge in [0.05, 0.1) is 18.3 Å². The molecule has 5 rings (SSSR count). The van der Waals surface area contributed by atoms with Crippen LogP contribution in [0, 0.1) is 6.92 Å². The summed E-state index contributed by atoms with van der Waals surface area (Å²) in [7, 11) is 0. The van der Waals surface area contributed by atoms with E-state index in [0.717, 1.165) is 55.1 Å². The van der Waals surface area contributed by atoms with Crippen LogP contribution in [0.5, 0.6) is 0 Å². The first kappa shape index (κ1) is 20.0. The number of rotatable bonds is 4. The van der Waals surface area contributed by atoms with Gasteiger partial charge in [0, 0.05) is 43.0 Å². The van der Waals surface area contributed by atoms with Gasteiger partial charge >= 0.3 is 0 Å². The van der Waals surface area contributed by atoms with Gasteiger partial charge in [-0.3, -0.25) is 4.79 Å². The van der Waals surface area contributed by atoms with E-state index in [4.69, 9.17) is 10.1 Å². The van der Waals surface area contributed by atoms with Crippen LogP contribution in [0.15, 0.2) is 36.5 Å². The number of hydrogen-bond acceptors (Lipinski definition) is 5. The number of aryl methyl sites for hydroxylation is 1. The van der Waals surface area contributed by atoms with E-state index >= 15 is 0 Å². The van der Waals surface area contributed by atoms with Crippen molar-refractivity contribution in [3.05, 3.63) is 58.9 Å². The van der Waals surface area contributed by atoms with Crippen molar-refractivity contribution in [2.45, 2.75) is 51.7 Å². The number of amides is 1. The van der Waals surface area contributed by atoms with E-state index in [9.17, 15) is 9.90 Å². The number of nitrogens with zero attached hydrogens (tertiary/aromatic N) is 5. The Morgan fingerprint density at radius 3 is 2.71 bits per heavy atom. The summed E-state index contributed by atoms with van der Waals surface area (Å²) in [4.78, 5) is 22.6. The van der Waals surface area contributed by atoms with Crippen LogP contribution >= 0.6 is 0 Å². The fourth-order valence-electron chi connectivity index (χ4n) is 4.93. The Balaban J connectivity index is 1.49. The molecule has 0 saturated carbocycles. The highest BCUT2D eigenvalue weighted by Gasteiger charge is 2.31. The van der Waals surface area contributed by atoms with E-state index in [1.807, 2.05) is 33.7 Å². The molecule has 0 spiro atoms. The largest absolute Gasteiger partial charge is 0.392 e. The number of benzene rings is 1. The molecular weight excluding hydrogens is 390 g/mol. The van der Waals surface area contributed by atoms with Crippen LogP contribution in [0.2, 0.25) is 0 Å². The number of aliphatic hydroxyl groups excluding tert-OH is 1. The SMILES string of the molecule is Cc1cn2nc(C3CCCCN3C(=O)c3ccccc3CO)cc2nc1N1CCCC1. The second kappa shape index (κ2) is 8.30. The third-order valence-electron chi connectivity index (χ3n) is 6.55. The topological polar surface area (TPSA) is 74.0 Å². The molecule has 1 amide bonds. The highest BCUT2D eigenvalue weighted by molar-refractivity contribution is 5.96. The van der Waals surface area contributed by atoms with Gasteiger partial charge < -0.3 is 14.9 Å². The van der Waals surface area contributed by atoms with E-state index in [-0.39, 0.29) is 18.6 Å². The molecule has 0 aliphatic carbocycles. The van der Waals surface area contributed by atoms with Crippen LogP contribution < -0.4 is 4.90 Å². The molecule has 2 fully saturated rings. The average molecular weight is 420 g/mol. The Hall–Kier alpha value is -2.93. The molecule has 1 N–H and O–H groups in total. The van der Waals surface area contributed by atoms with Gasteiger partial charge in [-0.05, 0) is 50.7 Å². The van der Waals surface area contributed by atoms with E-state index < -0.39 is 0 Å². The van der Waals surface area contributed by atoms with Crippen molar-refractivity contribution >= 4 is 17.4 Å². The minimum Gasteiger partial charge on any atom is -0.392 e. The van der Waals surface area contributed by atoms with Gasteiger partial charge in [0.2, 0.25) is 0 Å². The minimum atomic E-state index is -0.142. The molecule has 4 heterocycles. The van der Waals surface area contributed by atoms with Gasteiger partial charge in [0.25, 0.3) is 5.91 Å². The van der Waals surface area contributed by atoms with Crippen molar-refractivity contribution < 1.29 is 9.90 Å². The first-order valence-electron chi connectivity index (χ1n) is 11.3. The summed E-state index contributed by atoms with van der Waals surface area (Å²) in [6.45, 7) is 4.75. The monoisotopic (exact) mass is 419 g/mol. The number of anilines is 1. The van der Waals surface area contributed by atoms with Crippen molar-refractivity contribution in [3.8, 4) is 0 Å². The van der Waals surface area contributed by atoms with Crippen LogP contribution in [0.4, 0.5) is 5.82 Å². The molecule has 0 bridgehead atoms. The van der Waals surface area contributed by atoms with Crippen molar-refractivity contribution in [2.75, 3.05) is 24.5 Å². The zero-order chi connectivity index (χ0) is 21.4. The lowest BCUT2D eigenvalue weighted by atomic mass is 9.97. The molecule has 2 aliphatic heterocycles. The molecule has 2 saturated heterocycles. The van der Waals surface area contributed by atoms with Crippen LogP contribution in [0.25, 0.3) is 5.65 Å². The standard InChI is InChI=1S/C24H29N5O2/c1-17-15-29-22(25-23(17)27-11-6-7-12-27)14-20(26-29)21-10-4-5-13-28(21)24(31)19-9-3-2-8-18(19)16-30/h2-3,8-9,14-15,21,30H,4-7,10-13,16H2,1H3. The van der Waals surface area contributed by atoms with Crippen LogP contribution in [0.3, 0.4) is 0 Å². The van der Waals surface area contributed by atoms with Crippen LogP contribution in [-0.2, 0) is 6.61 Å². The zero-order valence-corrected chi connectivity index (χ0v) is 18.0. The zero-order valence-electron chi connectivity index (χ0n) is 18.0. The second-order valence-corrected chi connectivity index (χ2v) is 8.64. The Kier molecular flexibility index (Phi) is 5.36. The van der Waals surface area contributed by atoms with Gasteiger partial charge in [0.15, 0.2) is 5.65 Å². The first-order valence-corrected chi connectivity index (χ1v) is 11.3. The maximum atomic E-state index is 13.4. The number of fused-ring (bicyclic) bond motifs is 1. The van der Waals surface area contributed by atoms with Gasteiger partial charge in [-0.2, -0.15) is 5.10 Å². The van der Waals surface area contributed by atoms with E-state index in [0.29, 0.717) is 17.7 Å². The molecule has 162 valence electrons. The average Bonchev–Trinajstić information content (AvgIpc) is 3.47. The normalized spacial score (nSPS) is 19.4. The Bertz CT molecular complexity index is 1100. The number of aromatic nitrogens is 3. The van der Waals surface area contributed by atoms with Gasteiger partial charge in [0.1, 0.15) is 5.82 Å². The maximum Gasteiger partial charge on any atom is 0.254 e. The summed E-state index contributed by atoms with van der Waals surface area (Å²) < 4.78 is 1.85. The minimum absolute atomic E-state index is 0.0340. The summed E-state index contributed by atoms with van der Waals surface area (Å²) in [5, 5.41) is 14.5. The first-order chi connectivity index (χ1) is 15.2. The number of carbonyl (C=O) groups is 1. The van der Waals surface area contributed by atoms with E-state index in [1.165, 1.54) is 12.8 Å². The lowest BCUT2D eigenvalue weighted by molar-refractivity contribution is 0.0602. The van der Waals surface area contributed by atoms with Crippen LogP contribution in [-0.4, -0.2) is 50.1 Å². The molecule has 2 aliphatic rings. The molecule has 1 unspecified atom stereocenters. The summed E-state index contributed by atoms with van der Waals surface area (Å²) in [5.41, 5.74) is 4.08. The number of carbonyl (C=O) groups excluding carboxylic acids is 1. The smallest absolute Gasteiger partial charge is 0.254 e. The van der Waals surface area contributed by atoms with Crippen LogP contribution in [0.1, 0.15) is 65.3 Å². The van der Waals surface area contributed by atoms with E-state index in [1.54, 1.807) is 6.07 Å². The Morgan fingerprint density at radius 1 is 1.13 bits per heavy atom. The van der Waals surface area contributed by atoms with Crippen molar-refractivity contribution in [3.63, 3.8) is 0 Å². The number of piperidine rings is 1. The summed E-state index contributed by atoms with van der Waals surface area (Å²) >= 11 is 0. The fourth-order valence-corrected chi connectivity index (χ4v) is 4.93. The number of aliphatic hydroxyl groups is 1. The van der Waals surface area contributed by atoms with Crippen molar-refractivity contribution in [1.82, 2.24) is 19.5 Å². The molecule has 3 aromatic rings. The molecule has 1 aromatic carbocycles. The highest BCUT2D eigenvalue weighted by Crippen LogP contribution is 2.33. The highest BCUT2D eigenvalue weighted by atomic mass is 16.3. The molecule has 2 aromatic heterocycles. The van der Waals surface area contributed by atoms with Crippen molar-refractivity contribution in [1.29, 1.82) is 0 Å². The molecule has 7 nitrogen and oxygen atoms in total. The third-order valence-corrected chi connectivity index (χ3v) is 6.55.